The Morgan fingerprint density at radius 1 is 1.28 bits per heavy atom. The predicted molar refractivity (Wildman–Crippen MR) is 97.7 cm³/mol. The average molecular weight is 378 g/mol. The van der Waals surface area contributed by atoms with Crippen LogP contribution in [0.1, 0.15) is 43.8 Å². The minimum absolute atomic E-state index is 0.256. The first-order chi connectivity index (χ1) is 12.0. The SMILES string of the molecule is COC(=O)NC(=O)c1c(NC(=O)c2cccs2)sc2c1CC[C@@H](C)C2. The van der Waals surface area contributed by atoms with Gasteiger partial charge in [-0.3, -0.25) is 14.9 Å². The van der Waals surface area contributed by atoms with E-state index in [9.17, 15) is 14.4 Å². The van der Waals surface area contributed by atoms with Crippen molar-refractivity contribution in [2.45, 2.75) is 26.2 Å². The Morgan fingerprint density at radius 2 is 2.08 bits per heavy atom. The van der Waals surface area contributed by atoms with E-state index in [0.717, 1.165) is 29.7 Å². The number of thiophene rings is 2. The lowest BCUT2D eigenvalue weighted by molar-refractivity contribution is 0.0937. The first-order valence-electron chi connectivity index (χ1n) is 7.88. The van der Waals surface area contributed by atoms with E-state index in [4.69, 9.17) is 0 Å². The fraction of sp³-hybridized carbons (Fsp3) is 0.353. The topological polar surface area (TPSA) is 84.5 Å². The number of alkyl carbamates (subject to hydrolysis) is 1. The first kappa shape index (κ1) is 17.6. The highest BCUT2D eigenvalue weighted by Crippen LogP contribution is 2.40. The minimum Gasteiger partial charge on any atom is -0.453 e. The fourth-order valence-electron chi connectivity index (χ4n) is 2.86. The number of fused-ring (bicyclic) bond motifs is 1. The van der Waals surface area contributed by atoms with Crippen LogP contribution in [0.3, 0.4) is 0 Å². The van der Waals surface area contributed by atoms with Gasteiger partial charge in [0.15, 0.2) is 0 Å². The van der Waals surface area contributed by atoms with Crippen LogP contribution in [0, 0.1) is 5.92 Å². The van der Waals surface area contributed by atoms with Crippen molar-refractivity contribution in [3.63, 3.8) is 0 Å². The van der Waals surface area contributed by atoms with Gasteiger partial charge in [0.1, 0.15) is 5.00 Å². The summed E-state index contributed by atoms with van der Waals surface area (Å²) >= 11 is 2.75. The van der Waals surface area contributed by atoms with Gasteiger partial charge in [-0.2, -0.15) is 0 Å². The normalized spacial score (nSPS) is 16.0. The number of nitrogens with one attached hydrogen (secondary N) is 2. The van der Waals surface area contributed by atoms with Gasteiger partial charge in [-0.25, -0.2) is 4.79 Å². The third-order valence-electron chi connectivity index (χ3n) is 4.11. The van der Waals surface area contributed by atoms with Gasteiger partial charge >= 0.3 is 6.09 Å². The summed E-state index contributed by atoms with van der Waals surface area (Å²) in [6.45, 7) is 2.17. The van der Waals surface area contributed by atoms with Crippen molar-refractivity contribution in [1.29, 1.82) is 0 Å². The summed E-state index contributed by atoms with van der Waals surface area (Å²) in [7, 11) is 1.20. The van der Waals surface area contributed by atoms with Gasteiger partial charge in [-0.1, -0.05) is 13.0 Å². The van der Waals surface area contributed by atoms with Crippen molar-refractivity contribution in [3.05, 3.63) is 38.4 Å². The van der Waals surface area contributed by atoms with Crippen molar-refractivity contribution in [1.82, 2.24) is 5.32 Å². The molecule has 132 valence electrons. The second-order valence-electron chi connectivity index (χ2n) is 5.93. The van der Waals surface area contributed by atoms with Crippen LogP contribution >= 0.6 is 22.7 Å². The molecule has 25 heavy (non-hydrogen) atoms. The van der Waals surface area contributed by atoms with Crippen molar-refractivity contribution < 1.29 is 19.1 Å². The lowest BCUT2D eigenvalue weighted by atomic mass is 9.88. The van der Waals surface area contributed by atoms with E-state index in [-0.39, 0.29) is 5.91 Å². The number of methoxy groups -OCH3 is 1. The van der Waals surface area contributed by atoms with Crippen LogP contribution in [0.5, 0.6) is 0 Å². The maximum atomic E-state index is 12.6. The molecular formula is C17H18N2O4S2. The van der Waals surface area contributed by atoms with Gasteiger partial charge < -0.3 is 10.1 Å². The van der Waals surface area contributed by atoms with Crippen molar-refractivity contribution >= 4 is 45.6 Å². The van der Waals surface area contributed by atoms with Gasteiger partial charge in [-0.15, -0.1) is 22.7 Å². The second-order valence-corrected chi connectivity index (χ2v) is 7.99. The summed E-state index contributed by atoms with van der Waals surface area (Å²) in [5.74, 6) is -0.266. The molecule has 0 aromatic carbocycles. The summed E-state index contributed by atoms with van der Waals surface area (Å²) < 4.78 is 4.51. The maximum absolute atomic E-state index is 12.6. The summed E-state index contributed by atoms with van der Waals surface area (Å²) in [4.78, 5) is 38.0. The molecule has 0 spiro atoms. The van der Waals surface area contributed by atoms with Crippen LogP contribution < -0.4 is 10.6 Å². The summed E-state index contributed by atoms with van der Waals surface area (Å²) in [6, 6.07) is 3.52. The molecule has 0 fully saturated rings. The Hall–Kier alpha value is -2.19. The Balaban J connectivity index is 1.94. The molecule has 1 aliphatic rings. The molecule has 0 saturated carbocycles. The molecule has 8 heteroatoms. The highest BCUT2D eigenvalue weighted by atomic mass is 32.1. The molecule has 2 aromatic heterocycles. The summed E-state index contributed by atoms with van der Waals surface area (Å²) in [6.07, 6.45) is 1.78. The number of amides is 3. The molecular weight excluding hydrogens is 360 g/mol. The van der Waals surface area contributed by atoms with E-state index in [0.29, 0.717) is 21.4 Å². The zero-order valence-electron chi connectivity index (χ0n) is 13.9. The van der Waals surface area contributed by atoms with E-state index < -0.39 is 12.0 Å². The molecule has 3 rings (SSSR count). The van der Waals surface area contributed by atoms with E-state index in [2.05, 4.69) is 22.3 Å². The number of hydrogen-bond donors (Lipinski definition) is 2. The highest BCUT2D eigenvalue weighted by Gasteiger charge is 2.29. The van der Waals surface area contributed by atoms with Crippen molar-refractivity contribution in [3.8, 4) is 0 Å². The first-order valence-corrected chi connectivity index (χ1v) is 9.58. The van der Waals surface area contributed by atoms with Crippen molar-refractivity contribution in [2.75, 3.05) is 12.4 Å². The molecule has 2 N–H and O–H groups in total. The van der Waals surface area contributed by atoms with Gasteiger partial charge in [-0.05, 0) is 42.2 Å². The molecule has 0 aliphatic heterocycles. The third kappa shape index (κ3) is 3.74. The lowest BCUT2D eigenvalue weighted by Gasteiger charge is -2.18. The molecule has 0 bridgehead atoms. The average Bonchev–Trinajstić information content (AvgIpc) is 3.21. The zero-order valence-corrected chi connectivity index (χ0v) is 15.5. The number of anilines is 1. The molecule has 0 radical (unpaired) electrons. The smallest absolute Gasteiger partial charge is 0.413 e. The second kappa shape index (κ2) is 7.37. The van der Waals surface area contributed by atoms with Gasteiger partial charge in [0.2, 0.25) is 0 Å². The minimum atomic E-state index is -0.815. The standard InChI is InChI=1S/C17H18N2O4S2/c1-9-5-6-10-12(8-9)25-16(13(10)15(21)19-17(22)23-2)18-14(20)11-4-3-7-24-11/h3-4,7,9H,5-6,8H2,1-2H3,(H,18,20)(H,19,21,22)/t9-/m1/s1. The van der Waals surface area contributed by atoms with Crippen LogP contribution in [0.25, 0.3) is 0 Å². The maximum Gasteiger partial charge on any atom is 0.413 e. The number of imide groups is 1. The lowest BCUT2D eigenvalue weighted by Crippen LogP contribution is -2.31. The molecule has 0 unspecified atom stereocenters. The molecule has 2 aromatic rings. The number of rotatable bonds is 3. The molecule has 1 aliphatic carbocycles. The Labute approximate surface area is 153 Å². The van der Waals surface area contributed by atoms with E-state index in [1.165, 1.54) is 29.8 Å². The van der Waals surface area contributed by atoms with Gasteiger partial charge in [0.05, 0.1) is 17.6 Å². The van der Waals surface area contributed by atoms with E-state index in [1.54, 1.807) is 12.1 Å². The molecule has 1 atom stereocenters. The van der Waals surface area contributed by atoms with Crippen LogP contribution in [0.4, 0.5) is 9.80 Å². The number of carbonyl (C=O) groups is 3. The summed E-state index contributed by atoms with van der Waals surface area (Å²) in [5, 5.41) is 7.34. The Morgan fingerprint density at radius 3 is 2.76 bits per heavy atom. The van der Waals surface area contributed by atoms with E-state index >= 15 is 0 Å². The van der Waals surface area contributed by atoms with Gasteiger partial charge in [0.25, 0.3) is 11.8 Å². The molecule has 0 saturated heterocycles. The van der Waals surface area contributed by atoms with Crippen molar-refractivity contribution in [2.24, 2.45) is 5.92 Å². The number of ether oxygens (including phenoxy) is 1. The highest BCUT2D eigenvalue weighted by molar-refractivity contribution is 7.17. The van der Waals surface area contributed by atoms with E-state index in [1.807, 2.05) is 5.38 Å². The Bertz CT molecular complexity index is 811. The molecule has 6 nitrogen and oxygen atoms in total. The Kier molecular flexibility index (Phi) is 5.19. The van der Waals surface area contributed by atoms with Crippen LogP contribution in [-0.4, -0.2) is 25.0 Å². The third-order valence-corrected chi connectivity index (χ3v) is 6.15. The number of hydrogen-bond acceptors (Lipinski definition) is 6. The molecule has 3 amide bonds. The predicted octanol–water partition coefficient (Wildman–Crippen LogP) is 3.68. The molecule has 2 heterocycles. The largest absolute Gasteiger partial charge is 0.453 e. The quantitative estimate of drug-likeness (QED) is 0.853. The van der Waals surface area contributed by atoms with Crippen LogP contribution in [-0.2, 0) is 17.6 Å². The van der Waals surface area contributed by atoms with Crippen LogP contribution in [0.2, 0.25) is 0 Å². The number of carbonyl (C=O) groups excluding carboxylic acids is 3. The fourth-order valence-corrected chi connectivity index (χ4v) is 4.88. The zero-order chi connectivity index (χ0) is 18.0. The van der Waals surface area contributed by atoms with Crippen LogP contribution in [0.15, 0.2) is 17.5 Å². The van der Waals surface area contributed by atoms with Gasteiger partial charge in [0, 0.05) is 4.88 Å². The summed E-state index contributed by atoms with van der Waals surface area (Å²) in [5.41, 5.74) is 1.30. The monoisotopic (exact) mass is 378 g/mol.